The van der Waals surface area contributed by atoms with Gasteiger partial charge in [-0.1, -0.05) is 12.1 Å². The Bertz CT molecular complexity index is 1100. The molecule has 4 atom stereocenters. The van der Waals surface area contributed by atoms with Crippen molar-refractivity contribution in [2.45, 2.75) is 109 Å². The number of hydrogen-bond acceptors (Lipinski definition) is 6. The van der Waals surface area contributed by atoms with Gasteiger partial charge < -0.3 is 25.1 Å². The second kappa shape index (κ2) is 9.82. The molecular formula is C27H39BFN3O6. The summed E-state index contributed by atoms with van der Waals surface area (Å²) in [7, 11) is -0.730. The monoisotopic (exact) mass is 531 g/mol. The third kappa shape index (κ3) is 5.54. The molecule has 0 aromatic heterocycles. The molecule has 4 rings (SSSR count). The summed E-state index contributed by atoms with van der Waals surface area (Å²) in [6.45, 7) is 13.0. The van der Waals surface area contributed by atoms with Crippen LogP contribution in [-0.2, 0) is 30.1 Å². The summed E-state index contributed by atoms with van der Waals surface area (Å²) in [5, 5.41) is 2.68. The van der Waals surface area contributed by atoms with E-state index in [1.54, 1.807) is 32.9 Å². The van der Waals surface area contributed by atoms with Crippen LogP contribution in [0, 0.1) is 11.7 Å². The summed E-state index contributed by atoms with van der Waals surface area (Å²) in [4.78, 5) is 40.0. The zero-order valence-electron chi connectivity index (χ0n) is 23.3. The van der Waals surface area contributed by atoms with Gasteiger partial charge in [-0.2, -0.15) is 0 Å². The Kier molecular flexibility index (Phi) is 7.33. The summed E-state index contributed by atoms with van der Waals surface area (Å²) < 4.78 is 32.7. The molecule has 11 heteroatoms. The van der Waals surface area contributed by atoms with E-state index in [4.69, 9.17) is 19.8 Å². The summed E-state index contributed by atoms with van der Waals surface area (Å²) >= 11 is 0. The molecule has 2 saturated heterocycles. The van der Waals surface area contributed by atoms with E-state index >= 15 is 4.39 Å². The van der Waals surface area contributed by atoms with Gasteiger partial charge in [0, 0.05) is 12.5 Å². The number of fused-ring (bicyclic) bond motifs is 2. The first kappa shape index (κ1) is 28.4. The molecule has 3 aliphatic rings. The summed E-state index contributed by atoms with van der Waals surface area (Å²) in [5.74, 6) is -1.87. The quantitative estimate of drug-likeness (QED) is 0.545. The van der Waals surface area contributed by atoms with Crippen LogP contribution in [0.1, 0.15) is 73.3 Å². The number of halogens is 1. The van der Waals surface area contributed by atoms with E-state index in [9.17, 15) is 14.4 Å². The largest absolute Gasteiger partial charge is 0.494 e. The number of hydrogen-bond donors (Lipinski definition) is 2. The number of piperidine rings is 1. The molecule has 38 heavy (non-hydrogen) atoms. The van der Waals surface area contributed by atoms with Crippen LogP contribution in [0.4, 0.5) is 9.18 Å². The van der Waals surface area contributed by atoms with Gasteiger partial charge in [0.2, 0.25) is 11.8 Å². The molecule has 208 valence electrons. The highest BCUT2D eigenvalue weighted by Gasteiger charge is 2.53. The van der Waals surface area contributed by atoms with Crippen LogP contribution in [0.3, 0.4) is 0 Å². The van der Waals surface area contributed by atoms with E-state index in [-0.39, 0.29) is 23.9 Å². The minimum absolute atomic E-state index is 0.0306. The molecule has 0 spiro atoms. The molecule has 9 nitrogen and oxygen atoms in total. The minimum Gasteiger partial charge on any atom is -0.444 e. The van der Waals surface area contributed by atoms with Crippen molar-refractivity contribution in [2.24, 2.45) is 11.7 Å². The van der Waals surface area contributed by atoms with Gasteiger partial charge in [0.05, 0.1) is 11.2 Å². The highest BCUT2D eigenvalue weighted by Crippen LogP contribution is 2.43. The van der Waals surface area contributed by atoms with Crippen molar-refractivity contribution in [3.8, 4) is 0 Å². The van der Waals surface area contributed by atoms with E-state index < -0.39 is 59.7 Å². The lowest BCUT2D eigenvalue weighted by molar-refractivity contribution is -0.132. The number of benzene rings is 1. The van der Waals surface area contributed by atoms with Crippen LogP contribution in [0.25, 0.3) is 0 Å². The Morgan fingerprint density at radius 1 is 1.18 bits per heavy atom. The molecule has 1 aromatic rings. The molecular weight excluding hydrogens is 492 g/mol. The molecule has 1 aliphatic carbocycles. The van der Waals surface area contributed by atoms with Crippen molar-refractivity contribution >= 4 is 30.5 Å². The standard InChI is InChI=1S/C27H39BFN3O6/c1-25(2,3)36-24(35)32-18-11-9-16(12-18)21(32)23(34)31-20(22(30)33)13-15-8-10-17(14-19(15)29)28-37-26(4,5)27(6,7)38-28/h8,10,14,16,18,20-21H,9,11-13H2,1-7H3,(H2,30,33)(H,31,34). The van der Waals surface area contributed by atoms with Gasteiger partial charge in [-0.05, 0) is 90.7 Å². The Balaban J connectivity index is 1.47. The van der Waals surface area contributed by atoms with E-state index in [0.29, 0.717) is 11.9 Å². The lowest BCUT2D eigenvalue weighted by Crippen LogP contribution is -2.57. The Morgan fingerprint density at radius 2 is 1.82 bits per heavy atom. The van der Waals surface area contributed by atoms with Crippen LogP contribution in [0.5, 0.6) is 0 Å². The van der Waals surface area contributed by atoms with Crippen molar-refractivity contribution in [1.82, 2.24) is 10.2 Å². The predicted octanol–water partition coefficient (Wildman–Crippen LogP) is 2.43. The first-order valence-corrected chi connectivity index (χ1v) is 13.2. The average Bonchev–Trinajstić information content (AvgIpc) is 3.44. The van der Waals surface area contributed by atoms with Crippen LogP contribution in [0.2, 0.25) is 0 Å². The number of rotatable bonds is 6. The number of likely N-dealkylation sites (tertiary alicyclic amines) is 1. The molecule has 3 N–H and O–H groups in total. The van der Waals surface area contributed by atoms with E-state index in [1.165, 1.54) is 11.0 Å². The normalized spacial score (nSPS) is 26.4. The topological polar surface area (TPSA) is 120 Å². The SMILES string of the molecule is CC(C)(C)OC(=O)N1C2CCC(C2)C1C(=O)NC(Cc1ccc(B2OC(C)(C)C(C)(C)O2)cc1F)C(N)=O. The van der Waals surface area contributed by atoms with Crippen LogP contribution >= 0.6 is 0 Å². The summed E-state index contributed by atoms with van der Waals surface area (Å²) in [6.07, 6.45) is 1.62. The molecule has 3 fully saturated rings. The number of nitrogens with one attached hydrogen (secondary N) is 1. The molecule has 2 bridgehead atoms. The van der Waals surface area contributed by atoms with Gasteiger partial charge >= 0.3 is 13.2 Å². The summed E-state index contributed by atoms with van der Waals surface area (Å²) in [5.41, 5.74) is 4.48. The van der Waals surface area contributed by atoms with Gasteiger partial charge in [0.15, 0.2) is 0 Å². The first-order valence-electron chi connectivity index (χ1n) is 13.2. The Labute approximate surface area is 224 Å². The molecule has 1 saturated carbocycles. The fourth-order valence-electron chi connectivity index (χ4n) is 5.46. The van der Waals surface area contributed by atoms with E-state index in [0.717, 1.165) is 12.8 Å². The first-order chi connectivity index (χ1) is 17.5. The highest BCUT2D eigenvalue weighted by atomic mass is 19.1. The highest BCUT2D eigenvalue weighted by molar-refractivity contribution is 6.62. The van der Waals surface area contributed by atoms with Gasteiger partial charge in [0.1, 0.15) is 23.5 Å². The number of primary amides is 1. The second-order valence-electron chi connectivity index (χ2n) is 12.7. The number of amides is 3. The van der Waals surface area contributed by atoms with Crippen molar-refractivity contribution in [3.05, 3.63) is 29.6 Å². The molecule has 0 radical (unpaired) electrons. The van der Waals surface area contributed by atoms with Gasteiger partial charge in [-0.3, -0.25) is 14.5 Å². The van der Waals surface area contributed by atoms with Crippen LogP contribution in [-0.4, -0.2) is 64.9 Å². The maximum absolute atomic E-state index is 15.2. The number of nitrogens with zero attached hydrogens (tertiary/aromatic N) is 1. The fourth-order valence-corrected chi connectivity index (χ4v) is 5.46. The van der Waals surface area contributed by atoms with Crippen molar-refractivity contribution in [1.29, 1.82) is 0 Å². The van der Waals surface area contributed by atoms with Gasteiger partial charge in [-0.25, -0.2) is 9.18 Å². The van der Waals surface area contributed by atoms with Gasteiger partial charge in [0.25, 0.3) is 0 Å². The van der Waals surface area contributed by atoms with E-state index in [2.05, 4.69) is 5.32 Å². The number of ether oxygens (including phenoxy) is 1. The Hall–Kier alpha value is -2.66. The Morgan fingerprint density at radius 3 is 2.37 bits per heavy atom. The average molecular weight is 531 g/mol. The zero-order chi connectivity index (χ0) is 28.2. The van der Waals surface area contributed by atoms with Crippen molar-refractivity contribution in [2.75, 3.05) is 0 Å². The van der Waals surface area contributed by atoms with Crippen molar-refractivity contribution < 1.29 is 32.8 Å². The molecule has 4 unspecified atom stereocenters. The number of carbonyl (C=O) groups is 3. The zero-order valence-corrected chi connectivity index (χ0v) is 23.3. The number of nitrogens with two attached hydrogens (primary N) is 1. The minimum atomic E-state index is -1.15. The lowest BCUT2D eigenvalue weighted by Gasteiger charge is -2.36. The molecule has 2 heterocycles. The molecule has 1 aromatic carbocycles. The smallest absolute Gasteiger partial charge is 0.444 e. The van der Waals surface area contributed by atoms with Gasteiger partial charge in [-0.15, -0.1) is 0 Å². The maximum Gasteiger partial charge on any atom is 0.494 e. The number of carbonyl (C=O) groups excluding carboxylic acids is 3. The third-order valence-electron chi connectivity index (χ3n) is 8.14. The molecule has 3 amide bonds. The molecule has 2 aliphatic heterocycles. The predicted molar refractivity (Wildman–Crippen MR) is 140 cm³/mol. The van der Waals surface area contributed by atoms with Crippen molar-refractivity contribution in [3.63, 3.8) is 0 Å². The summed E-state index contributed by atoms with van der Waals surface area (Å²) in [6, 6.07) is 2.54. The van der Waals surface area contributed by atoms with Crippen LogP contribution in [0.15, 0.2) is 18.2 Å². The van der Waals surface area contributed by atoms with E-state index in [1.807, 2.05) is 27.7 Å². The fraction of sp³-hybridized carbons (Fsp3) is 0.667. The van der Waals surface area contributed by atoms with Crippen LogP contribution < -0.4 is 16.5 Å². The third-order valence-corrected chi connectivity index (χ3v) is 8.14. The maximum atomic E-state index is 15.2. The lowest BCUT2D eigenvalue weighted by atomic mass is 9.78. The second-order valence-corrected chi connectivity index (χ2v) is 12.7.